The van der Waals surface area contributed by atoms with E-state index in [0.717, 1.165) is 18.2 Å². The molecule has 1 N–H and O–H groups in total. The molecule has 4 heteroatoms. The summed E-state index contributed by atoms with van der Waals surface area (Å²) in [6.45, 7) is 3.30. The number of aromatic nitrogens is 2. The molecule has 1 aliphatic carbocycles. The number of likely N-dealkylation sites (N-methyl/N-ethyl adjacent to an activating group) is 1. The molecular weight excluding hydrogens is 272 g/mol. The van der Waals surface area contributed by atoms with Crippen molar-refractivity contribution >= 4 is 0 Å². The zero-order valence-corrected chi connectivity index (χ0v) is 13.7. The SMILES string of the molecule is C[C@H](NC[C@@H](C1CC1)N(C)C)c1ccc(-n2ccnc2)cc1. The number of imidazole rings is 1. The van der Waals surface area contributed by atoms with E-state index in [2.05, 4.69) is 60.5 Å². The second-order valence-corrected chi connectivity index (χ2v) is 6.56. The monoisotopic (exact) mass is 298 g/mol. The van der Waals surface area contributed by atoms with Crippen LogP contribution in [0.4, 0.5) is 0 Å². The van der Waals surface area contributed by atoms with Crippen molar-refractivity contribution in [1.82, 2.24) is 19.8 Å². The summed E-state index contributed by atoms with van der Waals surface area (Å²) in [5.41, 5.74) is 2.48. The lowest BCUT2D eigenvalue weighted by Crippen LogP contribution is -2.40. The van der Waals surface area contributed by atoms with Crippen molar-refractivity contribution in [3.8, 4) is 5.69 Å². The van der Waals surface area contributed by atoms with Gasteiger partial charge in [0.05, 0.1) is 6.33 Å². The van der Waals surface area contributed by atoms with Gasteiger partial charge in [-0.3, -0.25) is 0 Å². The van der Waals surface area contributed by atoms with Gasteiger partial charge in [-0.1, -0.05) is 12.1 Å². The molecule has 0 amide bonds. The van der Waals surface area contributed by atoms with Crippen LogP contribution < -0.4 is 5.32 Å². The maximum Gasteiger partial charge on any atom is 0.0991 e. The summed E-state index contributed by atoms with van der Waals surface area (Å²) >= 11 is 0. The van der Waals surface area contributed by atoms with Gasteiger partial charge >= 0.3 is 0 Å². The van der Waals surface area contributed by atoms with E-state index in [1.54, 1.807) is 6.20 Å². The molecular formula is C18H26N4. The van der Waals surface area contributed by atoms with Crippen molar-refractivity contribution in [3.63, 3.8) is 0 Å². The van der Waals surface area contributed by atoms with Gasteiger partial charge < -0.3 is 14.8 Å². The van der Waals surface area contributed by atoms with Crippen LogP contribution in [0.15, 0.2) is 43.0 Å². The zero-order chi connectivity index (χ0) is 15.5. The van der Waals surface area contributed by atoms with Crippen molar-refractivity contribution in [2.24, 2.45) is 5.92 Å². The highest BCUT2D eigenvalue weighted by atomic mass is 15.1. The van der Waals surface area contributed by atoms with Gasteiger partial charge in [0.25, 0.3) is 0 Å². The molecule has 0 aliphatic heterocycles. The first-order valence-electron chi connectivity index (χ1n) is 8.13. The Labute approximate surface area is 133 Å². The Morgan fingerprint density at radius 2 is 2.00 bits per heavy atom. The Kier molecular flexibility index (Phi) is 4.60. The largest absolute Gasteiger partial charge is 0.309 e. The van der Waals surface area contributed by atoms with Crippen LogP contribution in [0.2, 0.25) is 0 Å². The smallest absolute Gasteiger partial charge is 0.0991 e. The van der Waals surface area contributed by atoms with Crippen LogP contribution in [0.5, 0.6) is 0 Å². The van der Waals surface area contributed by atoms with Gasteiger partial charge in [0.2, 0.25) is 0 Å². The van der Waals surface area contributed by atoms with Crippen LogP contribution in [0.3, 0.4) is 0 Å². The van der Waals surface area contributed by atoms with Gasteiger partial charge in [0.1, 0.15) is 0 Å². The maximum atomic E-state index is 4.09. The lowest BCUT2D eigenvalue weighted by molar-refractivity contribution is 0.250. The van der Waals surface area contributed by atoms with E-state index >= 15 is 0 Å². The lowest BCUT2D eigenvalue weighted by Gasteiger charge is -2.26. The highest BCUT2D eigenvalue weighted by Gasteiger charge is 2.32. The summed E-state index contributed by atoms with van der Waals surface area (Å²) in [4.78, 5) is 6.45. The van der Waals surface area contributed by atoms with Crippen LogP contribution in [-0.4, -0.2) is 41.1 Å². The normalized spacial score (nSPS) is 17.6. The fourth-order valence-electron chi connectivity index (χ4n) is 3.01. The van der Waals surface area contributed by atoms with Crippen molar-refractivity contribution in [2.45, 2.75) is 31.8 Å². The highest BCUT2D eigenvalue weighted by molar-refractivity contribution is 5.35. The summed E-state index contributed by atoms with van der Waals surface area (Å²) in [5, 5.41) is 3.70. The number of nitrogens with zero attached hydrogens (tertiary/aromatic N) is 3. The quantitative estimate of drug-likeness (QED) is 0.853. The third-order valence-electron chi connectivity index (χ3n) is 4.66. The molecule has 2 atom stereocenters. The zero-order valence-electron chi connectivity index (χ0n) is 13.7. The molecule has 0 radical (unpaired) electrons. The first-order chi connectivity index (χ1) is 10.6. The standard InChI is InChI=1S/C18H26N4/c1-14(20-12-18(21(2)3)16-4-5-16)15-6-8-17(9-7-15)22-11-10-19-13-22/h6-11,13-14,16,18,20H,4-5,12H2,1-3H3/t14-,18-/m0/s1. The van der Waals surface area contributed by atoms with Gasteiger partial charge in [-0.25, -0.2) is 4.98 Å². The summed E-state index contributed by atoms with van der Waals surface area (Å²) in [5.74, 6) is 0.887. The molecule has 0 unspecified atom stereocenters. The molecule has 1 aliphatic rings. The minimum atomic E-state index is 0.373. The van der Waals surface area contributed by atoms with Crippen molar-refractivity contribution in [1.29, 1.82) is 0 Å². The van der Waals surface area contributed by atoms with Crippen LogP contribution in [-0.2, 0) is 0 Å². The predicted octanol–water partition coefficient (Wildman–Crippen LogP) is 2.86. The average molecular weight is 298 g/mol. The van der Waals surface area contributed by atoms with E-state index in [9.17, 15) is 0 Å². The first kappa shape index (κ1) is 15.3. The fraction of sp³-hybridized carbons (Fsp3) is 0.500. The summed E-state index contributed by atoms with van der Waals surface area (Å²) in [6, 6.07) is 9.74. The molecule has 0 bridgehead atoms. The Morgan fingerprint density at radius 3 is 2.55 bits per heavy atom. The molecule has 2 aromatic rings. The van der Waals surface area contributed by atoms with E-state index in [0.29, 0.717) is 12.1 Å². The predicted molar refractivity (Wildman–Crippen MR) is 90.2 cm³/mol. The summed E-state index contributed by atoms with van der Waals surface area (Å²) < 4.78 is 2.02. The molecule has 3 rings (SSSR count). The number of hydrogen-bond acceptors (Lipinski definition) is 3. The van der Waals surface area contributed by atoms with Gasteiger partial charge in [0, 0.05) is 36.7 Å². The van der Waals surface area contributed by atoms with Crippen LogP contribution in [0.1, 0.15) is 31.4 Å². The maximum absolute atomic E-state index is 4.09. The highest BCUT2D eigenvalue weighted by Crippen LogP contribution is 2.34. The van der Waals surface area contributed by atoms with Gasteiger partial charge in [-0.15, -0.1) is 0 Å². The Hall–Kier alpha value is -1.65. The third kappa shape index (κ3) is 3.57. The topological polar surface area (TPSA) is 33.1 Å². The molecule has 4 nitrogen and oxygen atoms in total. The molecule has 1 heterocycles. The van der Waals surface area contributed by atoms with Crippen molar-refractivity contribution < 1.29 is 0 Å². The van der Waals surface area contributed by atoms with E-state index in [4.69, 9.17) is 0 Å². The number of benzene rings is 1. The van der Waals surface area contributed by atoms with Crippen LogP contribution in [0, 0.1) is 5.92 Å². The molecule has 0 saturated heterocycles. The van der Waals surface area contributed by atoms with Gasteiger partial charge in [-0.2, -0.15) is 0 Å². The number of hydrogen-bond donors (Lipinski definition) is 1. The third-order valence-corrected chi connectivity index (χ3v) is 4.66. The van der Waals surface area contributed by atoms with Crippen molar-refractivity contribution in [3.05, 3.63) is 48.5 Å². The molecule has 0 spiro atoms. The Bertz CT molecular complexity index is 568. The first-order valence-corrected chi connectivity index (χ1v) is 8.13. The van der Waals surface area contributed by atoms with Gasteiger partial charge in [-0.05, 0) is 57.5 Å². The van der Waals surface area contributed by atoms with E-state index in [1.165, 1.54) is 18.4 Å². The van der Waals surface area contributed by atoms with E-state index in [1.807, 2.05) is 17.1 Å². The second kappa shape index (κ2) is 6.63. The molecule has 1 aromatic heterocycles. The van der Waals surface area contributed by atoms with Gasteiger partial charge in [0.15, 0.2) is 0 Å². The number of rotatable bonds is 7. The van der Waals surface area contributed by atoms with Crippen molar-refractivity contribution in [2.75, 3.05) is 20.6 Å². The Morgan fingerprint density at radius 1 is 1.27 bits per heavy atom. The van der Waals surface area contributed by atoms with Crippen LogP contribution in [0.25, 0.3) is 5.69 Å². The minimum absolute atomic E-state index is 0.373. The summed E-state index contributed by atoms with van der Waals surface area (Å²) in [7, 11) is 4.38. The molecule has 1 saturated carbocycles. The second-order valence-electron chi connectivity index (χ2n) is 6.56. The fourth-order valence-corrected chi connectivity index (χ4v) is 3.01. The minimum Gasteiger partial charge on any atom is -0.309 e. The number of nitrogens with one attached hydrogen (secondary N) is 1. The Balaban J connectivity index is 1.59. The molecule has 118 valence electrons. The lowest BCUT2D eigenvalue weighted by atomic mass is 10.1. The molecule has 22 heavy (non-hydrogen) atoms. The summed E-state index contributed by atoms with van der Waals surface area (Å²) in [6.07, 6.45) is 8.37. The molecule has 1 fully saturated rings. The van der Waals surface area contributed by atoms with E-state index < -0.39 is 0 Å². The molecule has 1 aromatic carbocycles. The van der Waals surface area contributed by atoms with Crippen LogP contribution >= 0.6 is 0 Å². The average Bonchev–Trinajstić information content (AvgIpc) is 3.20. The van der Waals surface area contributed by atoms with E-state index in [-0.39, 0.29) is 0 Å².